The van der Waals surface area contributed by atoms with Crippen molar-refractivity contribution in [3.05, 3.63) is 38.1 Å². The molecule has 0 aromatic heterocycles. The third-order valence-electron chi connectivity index (χ3n) is 5.44. The first kappa shape index (κ1) is 34.0. The van der Waals surface area contributed by atoms with Gasteiger partial charge in [0.05, 0.1) is 12.7 Å². The van der Waals surface area contributed by atoms with E-state index in [0.29, 0.717) is 6.42 Å². The van der Waals surface area contributed by atoms with Crippen LogP contribution in [0.3, 0.4) is 0 Å². The molecule has 33 heavy (non-hydrogen) atoms. The summed E-state index contributed by atoms with van der Waals surface area (Å²) in [5.74, 6) is 1.00. The maximum Gasteiger partial charge on any atom is 2.00 e. The molecule has 1 amide bonds. The van der Waals surface area contributed by atoms with Crippen LogP contribution in [-0.4, -0.2) is 45.9 Å². The predicted molar refractivity (Wildman–Crippen MR) is 137 cm³/mol. The van der Waals surface area contributed by atoms with Gasteiger partial charge < -0.3 is 33.5 Å². The minimum Gasteiger partial charge on any atom is -0.494 e. The number of carbonyl (C=O) groups excluding carboxylic acids is 1. The van der Waals surface area contributed by atoms with Crippen LogP contribution in [0.15, 0.2) is 24.3 Å². The van der Waals surface area contributed by atoms with Gasteiger partial charge in [-0.3, -0.25) is 4.79 Å². The van der Waals surface area contributed by atoms with Crippen LogP contribution in [0, 0.1) is 19.3 Å². The molecule has 0 spiro atoms. The van der Waals surface area contributed by atoms with E-state index in [1.165, 1.54) is 5.69 Å². The molecule has 190 valence electrons. The van der Waals surface area contributed by atoms with Crippen LogP contribution in [-0.2, 0) is 26.9 Å². The van der Waals surface area contributed by atoms with E-state index in [4.69, 9.17) is 9.47 Å². The van der Waals surface area contributed by atoms with E-state index in [9.17, 15) is 4.79 Å². The van der Waals surface area contributed by atoms with Crippen LogP contribution >= 0.6 is 0 Å². The molecule has 0 radical (unpaired) electrons. The molecular formula is C27H48CrN2O3. The van der Waals surface area contributed by atoms with Crippen molar-refractivity contribution in [3.63, 3.8) is 0 Å². The monoisotopic (exact) mass is 500 g/mol. The zero-order valence-electron chi connectivity index (χ0n) is 22.1. The molecule has 0 bridgehead atoms. The Morgan fingerprint density at radius 3 is 2.12 bits per heavy atom. The summed E-state index contributed by atoms with van der Waals surface area (Å²) in [6, 6.07) is 8.12. The van der Waals surface area contributed by atoms with Crippen LogP contribution in [0.2, 0.25) is 0 Å². The first-order valence-electron chi connectivity index (χ1n) is 11.9. The third kappa shape index (κ3) is 14.6. The molecule has 2 unspecified atom stereocenters. The first-order chi connectivity index (χ1) is 15.1. The van der Waals surface area contributed by atoms with Crippen molar-refractivity contribution in [3.8, 4) is 5.75 Å². The van der Waals surface area contributed by atoms with Crippen molar-refractivity contribution >= 4 is 11.6 Å². The van der Waals surface area contributed by atoms with Gasteiger partial charge in [0.25, 0.3) is 0 Å². The van der Waals surface area contributed by atoms with E-state index < -0.39 is 0 Å². The molecule has 1 aromatic carbocycles. The summed E-state index contributed by atoms with van der Waals surface area (Å²) < 4.78 is 11.2. The molecule has 0 aliphatic heterocycles. The number of carbonyl (C=O) groups is 1. The average molecular weight is 501 g/mol. The van der Waals surface area contributed by atoms with Gasteiger partial charge in [0.1, 0.15) is 5.75 Å². The molecule has 0 fully saturated rings. The molecule has 1 N–H and O–H groups in total. The van der Waals surface area contributed by atoms with E-state index in [1.807, 2.05) is 53.9 Å². The van der Waals surface area contributed by atoms with Crippen LogP contribution < -0.4 is 15.0 Å². The fourth-order valence-corrected chi connectivity index (χ4v) is 3.23. The molecule has 0 saturated carbocycles. The number of benzene rings is 1. The van der Waals surface area contributed by atoms with Gasteiger partial charge in [-0.1, -0.05) is 40.0 Å². The second-order valence-corrected chi connectivity index (χ2v) is 9.11. The number of amides is 1. The Bertz CT molecular complexity index is 602. The Kier molecular flexibility index (Phi) is 19.7. The number of methoxy groups -OCH3 is 1. The molecule has 6 heteroatoms. The Hall–Kier alpha value is -1.22. The quantitative estimate of drug-likeness (QED) is 0.248. The Balaban J connectivity index is 0. The molecule has 1 rings (SSSR count). The number of anilines is 1. The number of hydrogen-bond acceptors (Lipinski definition) is 4. The molecule has 0 saturated heterocycles. The number of unbranched alkanes of at least 4 members (excludes halogenated alkanes) is 3. The van der Waals surface area contributed by atoms with E-state index in [0.717, 1.165) is 50.9 Å². The summed E-state index contributed by atoms with van der Waals surface area (Å²) in [6.45, 7) is 16.1. The van der Waals surface area contributed by atoms with Crippen molar-refractivity contribution in [1.82, 2.24) is 5.32 Å². The van der Waals surface area contributed by atoms with Crippen molar-refractivity contribution in [1.29, 1.82) is 0 Å². The fourth-order valence-electron chi connectivity index (χ4n) is 3.23. The average Bonchev–Trinajstić information content (AvgIpc) is 2.74. The molecule has 1 aromatic rings. The van der Waals surface area contributed by atoms with Gasteiger partial charge >= 0.3 is 17.4 Å². The maximum absolute atomic E-state index is 12.6. The summed E-state index contributed by atoms with van der Waals surface area (Å²) in [5.41, 5.74) is 0.792. The molecule has 5 nitrogen and oxygen atoms in total. The van der Waals surface area contributed by atoms with Crippen molar-refractivity contribution < 1.29 is 31.6 Å². The SMILES string of the molecule is [CH2-]CC.[CH2-]CC(OC)C(C)NC(=O)C(C)(C)CCCCCCOc1ccc(N(C)C)cc1.[Cr+2]. The van der Waals surface area contributed by atoms with Crippen LogP contribution in [0.5, 0.6) is 5.75 Å². The molecule has 0 aliphatic rings. The zero-order chi connectivity index (χ0) is 24.6. The Morgan fingerprint density at radius 1 is 1.09 bits per heavy atom. The summed E-state index contributed by atoms with van der Waals surface area (Å²) in [6.07, 6.45) is 6.74. The molecular weight excluding hydrogens is 452 g/mol. The molecule has 0 aliphatic carbocycles. The molecule has 0 heterocycles. The maximum atomic E-state index is 12.6. The minimum atomic E-state index is -0.377. The van der Waals surface area contributed by atoms with Crippen molar-refractivity contribution in [2.45, 2.75) is 84.8 Å². The number of nitrogens with zero attached hydrogens (tertiary/aromatic N) is 1. The topological polar surface area (TPSA) is 50.8 Å². The van der Waals surface area contributed by atoms with Gasteiger partial charge in [-0.05, 0) is 44.0 Å². The van der Waals surface area contributed by atoms with Crippen LogP contribution in [0.1, 0.15) is 72.6 Å². The summed E-state index contributed by atoms with van der Waals surface area (Å²) in [7, 11) is 5.72. The fraction of sp³-hybridized carbons (Fsp3) is 0.667. The Labute approximate surface area is 215 Å². The number of rotatable bonds is 14. The van der Waals surface area contributed by atoms with E-state index in [-0.39, 0.29) is 40.8 Å². The Morgan fingerprint density at radius 2 is 1.64 bits per heavy atom. The second kappa shape index (κ2) is 19.1. The van der Waals surface area contributed by atoms with E-state index in [2.05, 4.69) is 36.2 Å². The minimum absolute atomic E-state index is 0. The molecule has 2 atom stereocenters. The normalized spacial score (nSPS) is 12.5. The van der Waals surface area contributed by atoms with E-state index in [1.54, 1.807) is 7.11 Å². The first-order valence-corrected chi connectivity index (χ1v) is 11.9. The number of hydrogen-bond donors (Lipinski definition) is 1. The number of nitrogens with one attached hydrogen (secondary N) is 1. The zero-order valence-corrected chi connectivity index (χ0v) is 23.4. The predicted octanol–water partition coefficient (Wildman–Crippen LogP) is 6.08. The van der Waals surface area contributed by atoms with Crippen molar-refractivity contribution in [2.75, 3.05) is 32.7 Å². The van der Waals surface area contributed by atoms with Crippen molar-refractivity contribution in [2.24, 2.45) is 5.41 Å². The van der Waals surface area contributed by atoms with Gasteiger partial charge in [0.15, 0.2) is 0 Å². The summed E-state index contributed by atoms with van der Waals surface area (Å²) in [5, 5.41) is 3.09. The smallest absolute Gasteiger partial charge is 0.494 e. The van der Waals surface area contributed by atoms with Gasteiger partial charge in [-0.15, -0.1) is 0 Å². The number of ether oxygens (including phenoxy) is 2. The van der Waals surface area contributed by atoms with Gasteiger partial charge in [0, 0.05) is 38.3 Å². The van der Waals surface area contributed by atoms with Crippen LogP contribution in [0.4, 0.5) is 5.69 Å². The van der Waals surface area contributed by atoms with Crippen LogP contribution in [0.25, 0.3) is 0 Å². The summed E-state index contributed by atoms with van der Waals surface area (Å²) >= 11 is 0. The van der Waals surface area contributed by atoms with Gasteiger partial charge in [0.2, 0.25) is 5.91 Å². The van der Waals surface area contributed by atoms with Gasteiger partial charge in [-0.25, -0.2) is 0 Å². The summed E-state index contributed by atoms with van der Waals surface area (Å²) in [4.78, 5) is 14.7. The third-order valence-corrected chi connectivity index (χ3v) is 5.44. The standard InChI is InChI=1S/C24H41N2O3.C3H7.Cr/c1-8-22(28-7)19(2)25-23(27)24(3,4)17-11-9-10-12-18-29-21-15-13-20(14-16-21)26(5)6;1-3-2;/h13-16,19,22H,1,8-12,17-18H2,2-7H3,(H,25,27);1,3H2,2H3;/q2*-1;+2. The van der Waals surface area contributed by atoms with Gasteiger partial charge in [-0.2, -0.15) is 12.8 Å². The largest absolute Gasteiger partial charge is 2.00 e. The van der Waals surface area contributed by atoms with E-state index >= 15 is 0 Å². The second-order valence-electron chi connectivity index (χ2n) is 9.11.